The Morgan fingerprint density at radius 2 is 1.97 bits per heavy atom. The maximum absolute atomic E-state index is 12.0. The highest BCUT2D eigenvalue weighted by molar-refractivity contribution is 5.97. The predicted molar refractivity (Wildman–Crippen MR) is 110 cm³/mol. The van der Waals surface area contributed by atoms with Gasteiger partial charge in [0.1, 0.15) is 24.0 Å². The molecule has 0 radical (unpaired) electrons. The molecule has 2 aromatic carbocycles. The van der Waals surface area contributed by atoms with Crippen LogP contribution in [0.2, 0.25) is 0 Å². The van der Waals surface area contributed by atoms with Crippen LogP contribution in [0.3, 0.4) is 0 Å². The van der Waals surface area contributed by atoms with Crippen molar-refractivity contribution in [1.82, 2.24) is 4.98 Å². The van der Waals surface area contributed by atoms with E-state index in [-0.39, 0.29) is 24.3 Å². The molecule has 0 aliphatic heterocycles. The molecule has 146 valence electrons. The van der Waals surface area contributed by atoms with Crippen LogP contribution in [0.25, 0.3) is 17.0 Å². The fourth-order valence-electron chi connectivity index (χ4n) is 2.95. The van der Waals surface area contributed by atoms with Crippen molar-refractivity contribution in [2.75, 3.05) is 6.61 Å². The van der Waals surface area contributed by atoms with Crippen molar-refractivity contribution in [3.8, 4) is 11.8 Å². The molecule has 1 N–H and O–H groups in total. The van der Waals surface area contributed by atoms with Crippen molar-refractivity contribution in [2.24, 2.45) is 0 Å². The van der Waals surface area contributed by atoms with Crippen LogP contribution in [-0.4, -0.2) is 17.6 Å². The number of ether oxygens (including phenoxy) is 2. The number of pyridine rings is 1. The number of rotatable bonds is 6. The minimum absolute atomic E-state index is 0.0640. The Labute approximate surface area is 168 Å². The minimum Gasteiger partial charge on any atom is -0.489 e. The van der Waals surface area contributed by atoms with Crippen molar-refractivity contribution in [3.05, 3.63) is 81.1 Å². The molecular formula is C23H20N2O4. The molecule has 0 aliphatic rings. The lowest BCUT2D eigenvalue weighted by Crippen LogP contribution is -2.09. The highest BCUT2D eigenvalue weighted by atomic mass is 16.5. The maximum Gasteiger partial charge on any atom is 0.348 e. The summed E-state index contributed by atoms with van der Waals surface area (Å²) in [6.45, 7) is 4.08. The van der Waals surface area contributed by atoms with E-state index in [1.807, 2.05) is 31.2 Å². The lowest BCUT2D eigenvalue weighted by molar-refractivity contribution is -0.137. The number of aryl methyl sites for hydroxylation is 1. The molecule has 6 nitrogen and oxygen atoms in total. The number of hydrogen-bond acceptors (Lipinski definition) is 5. The first kappa shape index (κ1) is 19.9. The van der Waals surface area contributed by atoms with Gasteiger partial charge in [0, 0.05) is 17.0 Å². The molecule has 0 saturated carbocycles. The van der Waals surface area contributed by atoms with Crippen molar-refractivity contribution >= 4 is 22.9 Å². The van der Waals surface area contributed by atoms with Gasteiger partial charge in [-0.3, -0.25) is 4.79 Å². The molecule has 1 heterocycles. The van der Waals surface area contributed by atoms with Crippen molar-refractivity contribution in [3.63, 3.8) is 0 Å². The van der Waals surface area contributed by atoms with Gasteiger partial charge in [-0.2, -0.15) is 5.26 Å². The molecule has 3 aromatic rings. The van der Waals surface area contributed by atoms with E-state index >= 15 is 0 Å². The van der Waals surface area contributed by atoms with Gasteiger partial charge in [0.2, 0.25) is 5.56 Å². The van der Waals surface area contributed by atoms with Crippen molar-refractivity contribution in [1.29, 1.82) is 5.26 Å². The van der Waals surface area contributed by atoms with Crippen LogP contribution < -0.4 is 10.3 Å². The Balaban J connectivity index is 1.77. The molecule has 0 fully saturated rings. The number of aromatic nitrogens is 1. The Kier molecular flexibility index (Phi) is 6.10. The van der Waals surface area contributed by atoms with Gasteiger partial charge in [-0.15, -0.1) is 0 Å². The van der Waals surface area contributed by atoms with Crippen LogP contribution in [0.5, 0.6) is 5.75 Å². The summed E-state index contributed by atoms with van der Waals surface area (Å²) in [5.41, 5.74) is 3.04. The highest BCUT2D eigenvalue weighted by Crippen LogP contribution is 2.21. The summed E-state index contributed by atoms with van der Waals surface area (Å²) in [5.74, 6) is -0.0373. The molecule has 0 amide bonds. The topological polar surface area (TPSA) is 92.2 Å². The highest BCUT2D eigenvalue weighted by Gasteiger charge is 2.10. The molecule has 29 heavy (non-hydrogen) atoms. The van der Waals surface area contributed by atoms with Crippen molar-refractivity contribution < 1.29 is 14.3 Å². The summed E-state index contributed by atoms with van der Waals surface area (Å²) in [7, 11) is 0. The van der Waals surface area contributed by atoms with Crippen molar-refractivity contribution in [2.45, 2.75) is 20.5 Å². The Bertz CT molecular complexity index is 1170. The fraction of sp³-hybridized carbons (Fsp3) is 0.174. The number of H-pyrrole nitrogens is 1. The quantitative estimate of drug-likeness (QED) is 0.393. The second-order valence-electron chi connectivity index (χ2n) is 6.40. The number of carbonyl (C=O) groups excluding carboxylic acids is 1. The van der Waals surface area contributed by atoms with E-state index < -0.39 is 5.97 Å². The molecule has 0 aliphatic carbocycles. The number of esters is 1. The minimum atomic E-state index is -0.646. The molecule has 0 bridgehead atoms. The first-order valence-corrected chi connectivity index (χ1v) is 9.15. The Morgan fingerprint density at radius 1 is 1.21 bits per heavy atom. The van der Waals surface area contributed by atoms with Gasteiger partial charge in [-0.25, -0.2) is 4.79 Å². The summed E-state index contributed by atoms with van der Waals surface area (Å²) >= 11 is 0. The lowest BCUT2D eigenvalue weighted by Gasteiger charge is -2.10. The number of hydrogen-bond donors (Lipinski definition) is 1. The van der Waals surface area contributed by atoms with E-state index in [1.54, 1.807) is 31.2 Å². The number of para-hydroxylation sites is 1. The third-order valence-corrected chi connectivity index (χ3v) is 4.37. The maximum atomic E-state index is 12.0. The zero-order valence-electron chi connectivity index (χ0n) is 16.2. The first-order chi connectivity index (χ1) is 14.0. The van der Waals surface area contributed by atoms with E-state index in [4.69, 9.17) is 14.7 Å². The standard InChI is InChI=1S/C23H20N2O4/c1-3-28-23(27)17(13-24)11-16-7-9-19(10-8-16)29-14-18-12-21(26)25-22-15(2)5-4-6-20(18)22/h4-12H,3,14H2,1-2H3,(H,25,26). The molecule has 6 heteroatoms. The second kappa shape index (κ2) is 8.89. The normalized spacial score (nSPS) is 11.1. The summed E-state index contributed by atoms with van der Waals surface area (Å²) in [6.07, 6.45) is 1.47. The molecule has 0 saturated heterocycles. The number of fused-ring (bicyclic) bond motifs is 1. The molecular weight excluding hydrogens is 368 g/mol. The smallest absolute Gasteiger partial charge is 0.348 e. The third-order valence-electron chi connectivity index (χ3n) is 4.37. The van der Waals surface area contributed by atoms with Crippen LogP contribution in [0, 0.1) is 18.3 Å². The lowest BCUT2D eigenvalue weighted by atomic mass is 10.1. The predicted octanol–water partition coefficient (Wildman–Crippen LogP) is 3.89. The van der Waals surface area contributed by atoms with Gasteiger partial charge in [0.05, 0.1) is 12.1 Å². The van der Waals surface area contributed by atoms with Crippen LogP contribution in [-0.2, 0) is 16.1 Å². The number of nitriles is 1. The molecule has 0 unspecified atom stereocenters. The number of nitrogens with one attached hydrogen (secondary N) is 1. The Hall–Kier alpha value is -3.85. The van der Waals surface area contributed by atoms with E-state index in [0.29, 0.717) is 11.3 Å². The monoisotopic (exact) mass is 388 g/mol. The summed E-state index contributed by atoms with van der Waals surface area (Å²) in [5, 5.41) is 10.0. The number of nitrogens with zero attached hydrogens (tertiary/aromatic N) is 1. The van der Waals surface area contributed by atoms with E-state index in [1.165, 1.54) is 12.1 Å². The van der Waals surface area contributed by atoms with E-state index in [2.05, 4.69) is 4.98 Å². The van der Waals surface area contributed by atoms with Gasteiger partial charge in [0.15, 0.2) is 0 Å². The Morgan fingerprint density at radius 3 is 2.66 bits per heavy atom. The number of carbonyl (C=O) groups is 1. The van der Waals surface area contributed by atoms with Gasteiger partial charge in [0.25, 0.3) is 0 Å². The van der Waals surface area contributed by atoms with Crippen LogP contribution >= 0.6 is 0 Å². The number of benzene rings is 2. The van der Waals surface area contributed by atoms with Crippen LogP contribution in [0.4, 0.5) is 0 Å². The average molecular weight is 388 g/mol. The largest absolute Gasteiger partial charge is 0.489 e. The zero-order valence-corrected chi connectivity index (χ0v) is 16.2. The fourth-order valence-corrected chi connectivity index (χ4v) is 2.95. The van der Waals surface area contributed by atoms with E-state index in [0.717, 1.165) is 22.0 Å². The molecule has 1 aromatic heterocycles. The first-order valence-electron chi connectivity index (χ1n) is 9.15. The molecule has 0 spiro atoms. The van der Waals surface area contributed by atoms with Crippen LogP contribution in [0.1, 0.15) is 23.6 Å². The van der Waals surface area contributed by atoms with E-state index in [9.17, 15) is 9.59 Å². The summed E-state index contributed by atoms with van der Waals surface area (Å²) in [6, 6.07) is 16.2. The molecule has 0 atom stereocenters. The van der Waals surface area contributed by atoms with Gasteiger partial charge in [-0.05, 0) is 43.2 Å². The summed E-state index contributed by atoms with van der Waals surface area (Å²) < 4.78 is 10.7. The van der Waals surface area contributed by atoms with Gasteiger partial charge in [-0.1, -0.05) is 30.3 Å². The third kappa shape index (κ3) is 4.71. The second-order valence-corrected chi connectivity index (χ2v) is 6.40. The number of aromatic amines is 1. The van der Waals surface area contributed by atoms with Gasteiger partial charge >= 0.3 is 5.97 Å². The zero-order chi connectivity index (χ0) is 20.8. The molecule has 3 rings (SSSR count). The van der Waals surface area contributed by atoms with Gasteiger partial charge < -0.3 is 14.5 Å². The summed E-state index contributed by atoms with van der Waals surface area (Å²) in [4.78, 5) is 26.5. The SMILES string of the molecule is CCOC(=O)C(C#N)=Cc1ccc(OCc2cc(=O)[nH]c3c(C)cccc23)cc1. The van der Waals surface area contributed by atoms with Crippen LogP contribution in [0.15, 0.2) is 58.9 Å². The average Bonchev–Trinajstić information content (AvgIpc) is 2.72.